The topological polar surface area (TPSA) is 93.8 Å². The molecule has 2 rings (SSSR count). The molecule has 0 fully saturated rings. The van der Waals surface area contributed by atoms with Crippen LogP contribution < -0.4 is 5.32 Å². The highest BCUT2D eigenvalue weighted by atomic mass is 32.2. The lowest BCUT2D eigenvalue weighted by molar-refractivity contribution is -0.385. The normalized spacial score (nSPS) is 10.4. The summed E-state index contributed by atoms with van der Waals surface area (Å²) in [5.74, 6) is 0.487. The van der Waals surface area contributed by atoms with Gasteiger partial charge in [-0.3, -0.25) is 10.1 Å². The van der Waals surface area contributed by atoms with Crippen molar-refractivity contribution >= 4 is 23.3 Å². The fourth-order valence-corrected chi connectivity index (χ4v) is 2.24. The van der Waals surface area contributed by atoms with Crippen LogP contribution in [0.2, 0.25) is 0 Å². The van der Waals surface area contributed by atoms with Gasteiger partial charge in [0.1, 0.15) is 10.8 Å². The summed E-state index contributed by atoms with van der Waals surface area (Å²) in [6.07, 6.45) is 4.31. The van der Waals surface area contributed by atoms with Crippen molar-refractivity contribution in [1.29, 1.82) is 0 Å². The van der Waals surface area contributed by atoms with Crippen molar-refractivity contribution in [2.75, 3.05) is 11.9 Å². The first-order valence-electron chi connectivity index (χ1n) is 6.45. The number of nitro groups is 1. The van der Waals surface area contributed by atoms with Crippen molar-refractivity contribution in [2.45, 2.75) is 30.5 Å². The maximum Gasteiger partial charge on any atom is 0.275 e. The third-order valence-electron chi connectivity index (χ3n) is 2.51. The number of hydrogen-bond acceptors (Lipinski definition) is 7. The van der Waals surface area contributed by atoms with Crippen LogP contribution in [0.4, 0.5) is 11.5 Å². The molecule has 0 unspecified atom stereocenters. The van der Waals surface area contributed by atoms with E-state index in [1.807, 2.05) is 13.8 Å². The molecule has 0 atom stereocenters. The second kappa shape index (κ2) is 6.98. The molecule has 0 aliphatic heterocycles. The molecule has 21 heavy (non-hydrogen) atoms. The summed E-state index contributed by atoms with van der Waals surface area (Å²) in [5.41, 5.74) is 0.954. The van der Waals surface area contributed by atoms with Crippen LogP contribution in [0.5, 0.6) is 0 Å². The monoisotopic (exact) mass is 305 g/mol. The summed E-state index contributed by atoms with van der Waals surface area (Å²) < 4.78 is 0. The van der Waals surface area contributed by atoms with Crippen molar-refractivity contribution in [3.05, 3.63) is 40.2 Å². The molecule has 0 saturated heterocycles. The summed E-state index contributed by atoms with van der Waals surface area (Å²) in [6.45, 7) is 4.62. The lowest BCUT2D eigenvalue weighted by Crippen LogP contribution is -2.03. The number of nitrogens with zero attached hydrogens (tertiary/aromatic N) is 4. The summed E-state index contributed by atoms with van der Waals surface area (Å²) in [4.78, 5) is 23.2. The molecule has 2 heterocycles. The molecule has 2 aromatic heterocycles. The maximum absolute atomic E-state index is 11.0. The number of rotatable bonds is 6. The Morgan fingerprint density at radius 3 is 2.67 bits per heavy atom. The Hall–Kier alpha value is -2.22. The molecule has 8 heteroatoms. The summed E-state index contributed by atoms with van der Waals surface area (Å²) in [5, 5.41) is 15.0. The highest BCUT2D eigenvalue weighted by Gasteiger charge is 2.13. The highest BCUT2D eigenvalue weighted by molar-refractivity contribution is 7.99. The fourth-order valence-electron chi connectivity index (χ4n) is 1.52. The Labute approximate surface area is 126 Å². The molecular weight excluding hydrogens is 290 g/mol. The van der Waals surface area contributed by atoms with Gasteiger partial charge in [0.25, 0.3) is 5.69 Å². The quantitative estimate of drug-likeness (QED) is 0.498. The van der Waals surface area contributed by atoms with E-state index in [0.29, 0.717) is 22.5 Å². The smallest absolute Gasteiger partial charge is 0.275 e. The van der Waals surface area contributed by atoms with E-state index < -0.39 is 4.92 Å². The van der Waals surface area contributed by atoms with Crippen LogP contribution in [0.25, 0.3) is 0 Å². The zero-order valence-corrected chi connectivity index (χ0v) is 12.6. The standard InChI is InChI=1S/C13H15N5O2S/c1-3-4-14-11-5-10(18(19)20)6-12(17-11)21-13-15-7-9(2)8-16-13/h5-8H,3-4H2,1-2H3,(H,14,17). The Morgan fingerprint density at radius 1 is 1.33 bits per heavy atom. The molecule has 0 saturated carbocycles. The van der Waals surface area contributed by atoms with E-state index >= 15 is 0 Å². The molecule has 0 aliphatic rings. The minimum atomic E-state index is -0.432. The van der Waals surface area contributed by atoms with Crippen molar-refractivity contribution in [1.82, 2.24) is 15.0 Å². The van der Waals surface area contributed by atoms with Crippen LogP contribution >= 0.6 is 11.8 Å². The van der Waals surface area contributed by atoms with Crippen molar-refractivity contribution < 1.29 is 4.92 Å². The Morgan fingerprint density at radius 2 is 2.05 bits per heavy atom. The molecule has 7 nitrogen and oxygen atoms in total. The van der Waals surface area contributed by atoms with Gasteiger partial charge in [0.2, 0.25) is 0 Å². The zero-order valence-electron chi connectivity index (χ0n) is 11.7. The van der Waals surface area contributed by atoms with E-state index in [0.717, 1.165) is 12.0 Å². The maximum atomic E-state index is 11.0. The Bertz CT molecular complexity index is 633. The zero-order chi connectivity index (χ0) is 15.2. The van der Waals surface area contributed by atoms with Gasteiger partial charge in [0, 0.05) is 25.0 Å². The SMILES string of the molecule is CCCNc1cc([N+](=O)[O-])cc(Sc2ncc(C)cn2)n1. The molecule has 0 bridgehead atoms. The van der Waals surface area contributed by atoms with Crippen LogP contribution in [-0.4, -0.2) is 26.4 Å². The highest BCUT2D eigenvalue weighted by Crippen LogP contribution is 2.28. The van der Waals surface area contributed by atoms with Crippen LogP contribution in [0.15, 0.2) is 34.7 Å². The van der Waals surface area contributed by atoms with Gasteiger partial charge in [-0.1, -0.05) is 6.92 Å². The fraction of sp³-hybridized carbons (Fsp3) is 0.308. The number of pyridine rings is 1. The molecular formula is C13H15N5O2S. The third kappa shape index (κ3) is 4.38. The number of hydrogen-bond donors (Lipinski definition) is 1. The number of aryl methyl sites for hydroxylation is 1. The van der Waals surface area contributed by atoms with E-state index in [1.54, 1.807) is 12.4 Å². The first-order chi connectivity index (χ1) is 10.1. The number of anilines is 1. The van der Waals surface area contributed by atoms with E-state index in [1.165, 1.54) is 23.9 Å². The molecule has 1 N–H and O–H groups in total. The molecule has 0 amide bonds. The summed E-state index contributed by atoms with van der Waals surface area (Å²) >= 11 is 1.20. The van der Waals surface area contributed by atoms with Crippen LogP contribution in [0.1, 0.15) is 18.9 Å². The summed E-state index contributed by atoms with van der Waals surface area (Å²) in [7, 11) is 0. The van der Waals surface area contributed by atoms with Crippen molar-refractivity contribution in [3.8, 4) is 0 Å². The average molecular weight is 305 g/mol. The van der Waals surface area contributed by atoms with Gasteiger partial charge in [-0.05, 0) is 30.7 Å². The first-order valence-corrected chi connectivity index (χ1v) is 7.27. The van der Waals surface area contributed by atoms with Gasteiger partial charge in [0.15, 0.2) is 5.16 Å². The molecule has 0 aromatic carbocycles. The first kappa shape index (κ1) is 15.2. The lowest BCUT2D eigenvalue weighted by atomic mass is 10.4. The third-order valence-corrected chi connectivity index (χ3v) is 3.32. The van der Waals surface area contributed by atoms with E-state index in [2.05, 4.69) is 20.3 Å². The van der Waals surface area contributed by atoms with Crippen LogP contribution in [-0.2, 0) is 0 Å². The molecule has 0 spiro atoms. The average Bonchev–Trinajstić information content (AvgIpc) is 2.47. The Kier molecular flexibility index (Phi) is 5.04. The molecule has 0 aliphatic carbocycles. The van der Waals surface area contributed by atoms with E-state index in [-0.39, 0.29) is 5.69 Å². The second-order valence-corrected chi connectivity index (χ2v) is 5.37. The van der Waals surface area contributed by atoms with Crippen LogP contribution in [0, 0.1) is 17.0 Å². The van der Waals surface area contributed by atoms with E-state index in [9.17, 15) is 10.1 Å². The van der Waals surface area contributed by atoms with Gasteiger partial charge in [-0.25, -0.2) is 15.0 Å². The Balaban J connectivity index is 2.26. The minimum Gasteiger partial charge on any atom is -0.370 e. The van der Waals surface area contributed by atoms with E-state index in [4.69, 9.17) is 0 Å². The molecule has 2 aromatic rings. The van der Waals surface area contributed by atoms with Crippen molar-refractivity contribution in [3.63, 3.8) is 0 Å². The largest absolute Gasteiger partial charge is 0.370 e. The van der Waals surface area contributed by atoms with Gasteiger partial charge in [0.05, 0.1) is 11.0 Å². The van der Waals surface area contributed by atoms with Crippen LogP contribution in [0.3, 0.4) is 0 Å². The van der Waals surface area contributed by atoms with Crippen molar-refractivity contribution in [2.24, 2.45) is 0 Å². The number of aromatic nitrogens is 3. The lowest BCUT2D eigenvalue weighted by Gasteiger charge is -2.06. The predicted octanol–water partition coefficient (Wildman–Crippen LogP) is 3.06. The van der Waals surface area contributed by atoms with Gasteiger partial charge < -0.3 is 5.32 Å². The molecule has 0 radical (unpaired) electrons. The summed E-state index contributed by atoms with van der Waals surface area (Å²) in [6, 6.07) is 2.85. The van der Waals surface area contributed by atoms with Gasteiger partial charge >= 0.3 is 0 Å². The number of nitrogens with one attached hydrogen (secondary N) is 1. The second-order valence-electron chi connectivity index (χ2n) is 4.38. The predicted molar refractivity (Wildman–Crippen MR) is 80.6 cm³/mol. The molecule has 110 valence electrons. The van der Waals surface area contributed by atoms with Gasteiger partial charge in [-0.2, -0.15) is 0 Å². The van der Waals surface area contributed by atoms with Gasteiger partial charge in [-0.15, -0.1) is 0 Å². The minimum absolute atomic E-state index is 0.00165.